The van der Waals surface area contributed by atoms with E-state index in [1.807, 2.05) is 13.8 Å². The Hall–Kier alpha value is -1.52. The van der Waals surface area contributed by atoms with Crippen molar-refractivity contribution >= 4 is 11.8 Å². The number of ether oxygens (including phenoxy) is 1. The molecule has 15 heavy (non-hydrogen) atoms. The Morgan fingerprint density at radius 2 is 2.13 bits per heavy atom. The molecule has 0 spiro atoms. The number of nitrogens with zero attached hydrogens (tertiary/aromatic N) is 2. The first kappa shape index (κ1) is 11.6. The predicted octanol–water partition coefficient (Wildman–Crippen LogP) is 2.42. The molecule has 0 radical (unpaired) electrons. The summed E-state index contributed by atoms with van der Waals surface area (Å²) < 4.78 is 6.71. The number of hydrogen-bond acceptors (Lipinski definition) is 3. The van der Waals surface area contributed by atoms with Gasteiger partial charge in [-0.15, -0.1) is 0 Å². The first-order valence-corrected chi connectivity index (χ1v) is 5.01. The van der Waals surface area contributed by atoms with Crippen LogP contribution in [0.3, 0.4) is 0 Å². The molecule has 0 aliphatic rings. The van der Waals surface area contributed by atoms with Crippen LogP contribution in [0.15, 0.2) is 12.4 Å². The monoisotopic (exact) mass is 211 g/mol. The first-order chi connectivity index (χ1) is 6.99. The summed E-state index contributed by atoms with van der Waals surface area (Å²) >= 11 is 0. The fraction of sp³-hybridized carbons (Fsp3) is 0.600. The molecule has 84 valence electrons. The quantitative estimate of drug-likeness (QED) is 0.835. The van der Waals surface area contributed by atoms with Crippen LogP contribution in [-0.2, 0) is 4.74 Å². The van der Waals surface area contributed by atoms with Crippen LogP contribution in [-0.4, -0.2) is 22.0 Å². The Morgan fingerprint density at radius 3 is 2.60 bits per heavy atom. The average molecular weight is 211 g/mol. The minimum atomic E-state index is -0.451. The molecule has 1 rings (SSSR count). The van der Waals surface area contributed by atoms with Crippen LogP contribution < -0.4 is 5.32 Å². The molecule has 0 saturated carbocycles. The number of aromatic nitrogens is 2. The highest BCUT2D eigenvalue weighted by atomic mass is 16.6. The molecule has 5 heteroatoms. The van der Waals surface area contributed by atoms with E-state index in [-0.39, 0.29) is 12.1 Å². The Bertz CT molecular complexity index is 331. The minimum Gasteiger partial charge on any atom is -0.447 e. The van der Waals surface area contributed by atoms with Crippen molar-refractivity contribution < 1.29 is 9.53 Å². The van der Waals surface area contributed by atoms with E-state index in [9.17, 15) is 4.79 Å². The lowest BCUT2D eigenvalue weighted by atomic mass is 10.4. The van der Waals surface area contributed by atoms with E-state index in [4.69, 9.17) is 4.74 Å². The molecule has 1 amide bonds. The van der Waals surface area contributed by atoms with Crippen LogP contribution in [0, 0.1) is 0 Å². The molecule has 0 saturated heterocycles. The third kappa shape index (κ3) is 3.61. The highest BCUT2D eigenvalue weighted by molar-refractivity contribution is 5.84. The molecule has 1 aromatic heterocycles. The third-order valence-electron chi connectivity index (χ3n) is 1.72. The van der Waals surface area contributed by atoms with Gasteiger partial charge in [0.1, 0.15) is 0 Å². The Balaban J connectivity index is 2.53. The maximum atomic E-state index is 11.2. The lowest BCUT2D eigenvalue weighted by Crippen LogP contribution is -2.17. The zero-order chi connectivity index (χ0) is 11.4. The van der Waals surface area contributed by atoms with Gasteiger partial charge in [0.2, 0.25) is 0 Å². The maximum Gasteiger partial charge on any atom is 0.411 e. The molecule has 0 aliphatic heterocycles. The Kier molecular flexibility index (Phi) is 3.71. The van der Waals surface area contributed by atoms with Crippen molar-refractivity contribution in [3.05, 3.63) is 12.4 Å². The maximum absolute atomic E-state index is 11.2. The van der Waals surface area contributed by atoms with E-state index in [1.165, 1.54) is 0 Å². The molecule has 0 atom stereocenters. The number of rotatable bonds is 3. The molecule has 0 aromatic carbocycles. The zero-order valence-corrected chi connectivity index (χ0v) is 9.52. The van der Waals surface area contributed by atoms with Gasteiger partial charge in [-0.05, 0) is 27.7 Å². The summed E-state index contributed by atoms with van der Waals surface area (Å²) in [4.78, 5) is 11.2. The van der Waals surface area contributed by atoms with Crippen LogP contribution in [0.1, 0.15) is 33.7 Å². The van der Waals surface area contributed by atoms with Crippen molar-refractivity contribution in [2.45, 2.75) is 39.8 Å². The van der Waals surface area contributed by atoms with E-state index >= 15 is 0 Å². The number of carbonyl (C=O) groups excluding carboxylic acids is 1. The van der Waals surface area contributed by atoms with Crippen molar-refractivity contribution in [2.24, 2.45) is 0 Å². The lowest BCUT2D eigenvalue weighted by molar-refractivity contribution is 0.130. The van der Waals surface area contributed by atoms with Gasteiger partial charge >= 0.3 is 6.09 Å². The number of nitrogens with one attached hydrogen (secondary N) is 1. The summed E-state index contributed by atoms with van der Waals surface area (Å²) in [7, 11) is 0. The van der Waals surface area contributed by atoms with Gasteiger partial charge in [-0.25, -0.2) is 4.79 Å². The van der Waals surface area contributed by atoms with E-state index in [0.717, 1.165) is 0 Å². The molecule has 5 nitrogen and oxygen atoms in total. The first-order valence-electron chi connectivity index (χ1n) is 5.01. The number of amides is 1. The topological polar surface area (TPSA) is 56.1 Å². The van der Waals surface area contributed by atoms with Gasteiger partial charge in [-0.3, -0.25) is 10.00 Å². The largest absolute Gasteiger partial charge is 0.447 e. The highest BCUT2D eigenvalue weighted by Gasteiger charge is 2.07. The standard InChI is InChI=1S/C10H17N3O2/c1-7(2)13-6-9(5-11-13)12-10(14)15-8(3)4/h5-8H,1-4H3,(H,12,14). The minimum absolute atomic E-state index is 0.120. The highest BCUT2D eigenvalue weighted by Crippen LogP contribution is 2.10. The van der Waals surface area contributed by atoms with E-state index in [1.54, 1.807) is 30.9 Å². The van der Waals surface area contributed by atoms with Crippen molar-refractivity contribution in [3.8, 4) is 0 Å². The van der Waals surface area contributed by atoms with Gasteiger partial charge in [0.15, 0.2) is 0 Å². The summed E-state index contributed by atoms with van der Waals surface area (Å²) in [6.45, 7) is 7.64. The second-order valence-corrected chi connectivity index (χ2v) is 3.88. The molecule has 1 aromatic rings. The molecule has 0 aliphatic carbocycles. The summed E-state index contributed by atoms with van der Waals surface area (Å²) in [6, 6.07) is 0.279. The van der Waals surface area contributed by atoms with Crippen molar-refractivity contribution in [3.63, 3.8) is 0 Å². The van der Waals surface area contributed by atoms with Crippen LogP contribution in [0.2, 0.25) is 0 Å². The Morgan fingerprint density at radius 1 is 1.47 bits per heavy atom. The van der Waals surface area contributed by atoms with Crippen LogP contribution >= 0.6 is 0 Å². The second kappa shape index (κ2) is 4.82. The van der Waals surface area contributed by atoms with E-state index < -0.39 is 6.09 Å². The molecule has 0 unspecified atom stereocenters. The fourth-order valence-corrected chi connectivity index (χ4v) is 1.05. The summed E-state index contributed by atoms with van der Waals surface area (Å²) in [5.74, 6) is 0. The SMILES string of the molecule is CC(C)OC(=O)Nc1cnn(C(C)C)c1. The van der Waals surface area contributed by atoms with Crippen LogP contribution in [0.4, 0.5) is 10.5 Å². The van der Waals surface area contributed by atoms with Gasteiger partial charge < -0.3 is 4.74 Å². The number of anilines is 1. The van der Waals surface area contributed by atoms with E-state index in [2.05, 4.69) is 10.4 Å². The zero-order valence-electron chi connectivity index (χ0n) is 9.52. The van der Waals surface area contributed by atoms with Gasteiger partial charge in [0.25, 0.3) is 0 Å². The van der Waals surface area contributed by atoms with Crippen molar-refractivity contribution in [1.29, 1.82) is 0 Å². The summed E-state index contributed by atoms with van der Waals surface area (Å²) in [5, 5.41) is 6.70. The number of carbonyl (C=O) groups is 1. The van der Waals surface area contributed by atoms with Crippen LogP contribution in [0.25, 0.3) is 0 Å². The normalized spacial score (nSPS) is 10.8. The van der Waals surface area contributed by atoms with Gasteiger partial charge in [-0.2, -0.15) is 5.10 Å². The summed E-state index contributed by atoms with van der Waals surface area (Å²) in [6.07, 6.45) is 2.80. The fourth-order valence-electron chi connectivity index (χ4n) is 1.05. The summed E-state index contributed by atoms with van der Waals surface area (Å²) in [5.41, 5.74) is 0.648. The molecule has 0 bridgehead atoms. The van der Waals surface area contributed by atoms with Crippen molar-refractivity contribution in [1.82, 2.24) is 9.78 Å². The predicted molar refractivity (Wildman–Crippen MR) is 57.9 cm³/mol. The average Bonchev–Trinajstić information content (AvgIpc) is 2.50. The van der Waals surface area contributed by atoms with Crippen molar-refractivity contribution in [2.75, 3.05) is 5.32 Å². The smallest absolute Gasteiger partial charge is 0.411 e. The third-order valence-corrected chi connectivity index (χ3v) is 1.72. The van der Waals surface area contributed by atoms with Gasteiger partial charge in [-0.1, -0.05) is 0 Å². The molecular formula is C10H17N3O2. The van der Waals surface area contributed by atoms with E-state index in [0.29, 0.717) is 5.69 Å². The van der Waals surface area contributed by atoms with Gasteiger partial charge in [0.05, 0.1) is 18.0 Å². The molecule has 1 heterocycles. The second-order valence-electron chi connectivity index (χ2n) is 3.88. The lowest BCUT2D eigenvalue weighted by Gasteiger charge is -2.07. The van der Waals surface area contributed by atoms with Gasteiger partial charge in [0, 0.05) is 12.2 Å². The molecule has 1 N–H and O–H groups in total. The molecular weight excluding hydrogens is 194 g/mol. The van der Waals surface area contributed by atoms with Crippen LogP contribution in [0.5, 0.6) is 0 Å². The Labute approximate surface area is 89.4 Å². The molecule has 0 fully saturated rings. The number of hydrogen-bond donors (Lipinski definition) is 1.